The molecule has 6 nitrogen and oxygen atoms in total. The van der Waals surface area contributed by atoms with Gasteiger partial charge < -0.3 is 5.32 Å². The topological polar surface area (TPSA) is 102 Å². The molecule has 0 bridgehead atoms. The Morgan fingerprint density at radius 3 is 2.54 bits per heavy atom. The van der Waals surface area contributed by atoms with Gasteiger partial charge in [-0.15, -0.1) is 0 Å². The van der Waals surface area contributed by atoms with Gasteiger partial charge in [-0.3, -0.25) is 9.78 Å². The second kappa shape index (κ2) is 8.03. The van der Waals surface area contributed by atoms with E-state index in [9.17, 15) is 13.2 Å². The maximum absolute atomic E-state index is 12.0. The molecule has 3 N–H and O–H groups in total. The fraction of sp³-hybridized carbons (Fsp3) is 0.294. The highest BCUT2D eigenvalue weighted by Crippen LogP contribution is 2.17. The van der Waals surface area contributed by atoms with Crippen LogP contribution < -0.4 is 10.5 Å². The van der Waals surface area contributed by atoms with Gasteiger partial charge in [-0.05, 0) is 41.7 Å². The Kier molecular flexibility index (Phi) is 6.05. The maximum atomic E-state index is 12.0. The zero-order valence-corrected chi connectivity index (χ0v) is 14.3. The number of nitrogens with one attached hydrogen (secondary N) is 1. The number of benzene rings is 1. The highest BCUT2D eigenvalue weighted by molar-refractivity contribution is 7.89. The lowest BCUT2D eigenvalue weighted by molar-refractivity contribution is -0.121. The smallest absolute Gasteiger partial charge is 0.238 e. The average molecular weight is 347 g/mol. The molecule has 0 saturated heterocycles. The number of aromatic nitrogens is 1. The van der Waals surface area contributed by atoms with E-state index in [1.165, 1.54) is 12.1 Å². The zero-order valence-electron chi connectivity index (χ0n) is 13.5. The third-order valence-corrected chi connectivity index (χ3v) is 4.66. The van der Waals surface area contributed by atoms with Crippen molar-refractivity contribution in [2.45, 2.75) is 30.6 Å². The van der Waals surface area contributed by atoms with E-state index in [0.29, 0.717) is 19.4 Å². The van der Waals surface area contributed by atoms with Crippen LogP contribution in [0.1, 0.15) is 30.4 Å². The summed E-state index contributed by atoms with van der Waals surface area (Å²) in [7, 11) is -3.67. The monoisotopic (exact) mass is 347 g/mol. The van der Waals surface area contributed by atoms with Crippen molar-refractivity contribution in [1.82, 2.24) is 10.3 Å². The molecule has 0 aliphatic heterocycles. The van der Waals surface area contributed by atoms with Crippen molar-refractivity contribution < 1.29 is 13.2 Å². The van der Waals surface area contributed by atoms with Gasteiger partial charge in [0.05, 0.1) is 4.90 Å². The minimum atomic E-state index is -3.67. The lowest BCUT2D eigenvalue weighted by Crippen LogP contribution is -2.26. The minimum Gasteiger partial charge on any atom is -0.356 e. The lowest BCUT2D eigenvalue weighted by Gasteiger charge is -2.11. The molecule has 1 aromatic carbocycles. The van der Waals surface area contributed by atoms with Crippen LogP contribution in [0.25, 0.3) is 0 Å². The Hall–Kier alpha value is -2.25. The van der Waals surface area contributed by atoms with Crippen LogP contribution in [0.15, 0.2) is 53.7 Å². The normalized spacial score (nSPS) is 12.6. The Bertz CT molecular complexity index is 774. The molecule has 0 aliphatic rings. The minimum absolute atomic E-state index is 0.0208. The van der Waals surface area contributed by atoms with Crippen LogP contribution in [0.2, 0.25) is 0 Å². The van der Waals surface area contributed by atoms with Gasteiger partial charge in [0.15, 0.2) is 0 Å². The number of pyridine rings is 1. The summed E-state index contributed by atoms with van der Waals surface area (Å²) in [6.45, 7) is 2.48. The van der Waals surface area contributed by atoms with Crippen LogP contribution in [0.5, 0.6) is 0 Å². The highest BCUT2D eigenvalue weighted by Gasteiger charge is 2.11. The van der Waals surface area contributed by atoms with Crippen LogP contribution in [0.4, 0.5) is 0 Å². The Morgan fingerprint density at radius 2 is 1.96 bits per heavy atom. The number of rotatable bonds is 7. The summed E-state index contributed by atoms with van der Waals surface area (Å²) < 4.78 is 22.4. The van der Waals surface area contributed by atoms with Crippen LogP contribution in [0.3, 0.4) is 0 Å². The fourth-order valence-corrected chi connectivity index (χ4v) is 2.84. The number of carbonyl (C=O) groups is 1. The molecule has 24 heavy (non-hydrogen) atoms. The third kappa shape index (κ3) is 5.43. The molecule has 7 heteroatoms. The third-order valence-electron chi connectivity index (χ3n) is 3.73. The molecule has 0 spiro atoms. The number of sulfonamides is 1. The molecule has 0 saturated carbocycles. The van der Waals surface area contributed by atoms with Crippen molar-refractivity contribution in [3.05, 3.63) is 59.9 Å². The van der Waals surface area contributed by atoms with E-state index in [1.807, 2.05) is 19.1 Å². The number of amides is 1. The number of nitrogens with two attached hydrogens (primary N) is 1. The van der Waals surface area contributed by atoms with Crippen molar-refractivity contribution in [3.8, 4) is 0 Å². The van der Waals surface area contributed by atoms with Gasteiger partial charge in [0, 0.05) is 25.4 Å². The summed E-state index contributed by atoms with van der Waals surface area (Å²) in [4.78, 5) is 16.1. The van der Waals surface area contributed by atoms with Crippen LogP contribution >= 0.6 is 0 Å². The molecule has 2 rings (SSSR count). The molecule has 1 heterocycles. The Morgan fingerprint density at radius 1 is 1.25 bits per heavy atom. The first-order chi connectivity index (χ1) is 11.4. The molecule has 0 aliphatic carbocycles. The SMILES string of the molecule is CC(CC(=O)NCCc1ccc(S(N)(=O)=O)cc1)c1cccnc1. The second-order valence-corrected chi connectivity index (χ2v) is 7.24. The van der Waals surface area contributed by atoms with Gasteiger partial charge in [0.25, 0.3) is 0 Å². The van der Waals surface area contributed by atoms with Crippen molar-refractivity contribution in [3.63, 3.8) is 0 Å². The van der Waals surface area contributed by atoms with E-state index in [1.54, 1.807) is 24.5 Å². The maximum Gasteiger partial charge on any atom is 0.238 e. The van der Waals surface area contributed by atoms with Gasteiger partial charge in [0.2, 0.25) is 15.9 Å². The summed E-state index contributed by atoms with van der Waals surface area (Å²) in [6, 6.07) is 10.1. The van der Waals surface area contributed by atoms with Gasteiger partial charge in [-0.25, -0.2) is 13.6 Å². The number of primary sulfonamides is 1. The lowest BCUT2D eigenvalue weighted by atomic mass is 9.99. The van der Waals surface area contributed by atoms with Gasteiger partial charge in [-0.2, -0.15) is 0 Å². The largest absolute Gasteiger partial charge is 0.356 e. The predicted molar refractivity (Wildman–Crippen MR) is 91.8 cm³/mol. The van der Waals surface area contributed by atoms with Gasteiger partial charge in [-0.1, -0.05) is 25.1 Å². The second-order valence-electron chi connectivity index (χ2n) is 5.68. The number of carbonyl (C=O) groups excluding carboxylic acids is 1. The standard InChI is InChI=1S/C17H21N3O3S/c1-13(15-3-2-9-19-12-15)11-17(21)20-10-8-14-4-6-16(7-5-14)24(18,22)23/h2-7,9,12-13H,8,10-11H2,1H3,(H,20,21)(H2,18,22,23). The van der Waals surface area contributed by atoms with Gasteiger partial charge in [0.1, 0.15) is 0 Å². The van der Waals surface area contributed by atoms with E-state index in [-0.39, 0.29) is 16.7 Å². The van der Waals surface area contributed by atoms with E-state index in [4.69, 9.17) is 5.14 Å². The summed E-state index contributed by atoms with van der Waals surface area (Å²) in [6.07, 6.45) is 4.50. The molecule has 0 radical (unpaired) electrons. The first kappa shape index (κ1) is 18.1. The van der Waals surface area contributed by atoms with Crippen molar-refractivity contribution >= 4 is 15.9 Å². The van der Waals surface area contributed by atoms with Crippen LogP contribution in [-0.2, 0) is 21.2 Å². The predicted octanol–water partition coefficient (Wildman–Crippen LogP) is 1.58. The molecular formula is C17H21N3O3S. The van der Waals surface area contributed by atoms with Crippen molar-refractivity contribution in [2.24, 2.45) is 5.14 Å². The first-order valence-electron chi connectivity index (χ1n) is 7.64. The molecule has 1 unspecified atom stereocenters. The highest BCUT2D eigenvalue weighted by atomic mass is 32.2. The van der Waals surface area contributed by atoms with Crippen LogP contribution in [-0.4, -0.2) is 25.9 Å². The number of nitrogens with zero attached hydrogens (tertiary/aromatic N) is 1. The quantitative estimate of drug-likeness (QED) is 0.794. The molecule has 128 valence electrons. The van der Waals surface area contributed by atoms with Crippen molar-refractivity contribution in [2.75, 3.05) is 6.54 Å². The summed E-state index contributed by atoms with van der Waals surface area (Å²) in [5, 5.41) is 7.93. The molecular weight excluding hydrogens is 326 g/mol. The number of hydrogen-bond donors (Lipinski definition) is 2. The summed E-state index contributed by atoms with van der Waals surface area (Å²) >= 11 is 0. The van der Waals surface area contributed by atoms with Crippen LogP contribution in [0, 0.1) is 0 Å². The first-order valence-corrected chi connectivity index (χ1v) is 9.19. The Balaban J connectivity index is 1.78. The van der Waals surface area contributed by atoms with E-state index in [0.717, 1.165) is 11.1 Å². The van der Waals surface area contributed by atoms with E-state index < -0.39 is 10.0 Å². The molecule has 1 amide bonds. The average Bonchev–Trinajstić information content (AvgIpc) is 2.55. The molecule has 1 aromatic heterocycles. The number of hydrogen-bond acceptors (Lipinski definition) is 4. The van der Waals surface area contributed by atoms with Crippen molar-refractivity contribution in [1.29, 1.82) is 0 Å². The summed E-state index contributed by atoms with van der Waals surface area (Å²) in [5.41, 5.74) is 1.97. The molecule has 0 fully saturated rings. The molecule has 2 aromatic rings. The van der Waals surface area contributed by atoms with E-state index >= 15 is 0 Å². The molecule has 1 atom stereocenters. The van der Waals surface area contributed by atoms with E-state index in [2.05, 4.69) is 10.3 Å². The zero-order chi connectivity index (χ0) is 17.6. The van der Waals surface area contributed by atoms with Gasteiger partial charge >= 0.3 is 0 Å². The Labute approximate surface area is 142 Å². The summed E-state index contributed by atoms with van der Waals surface area (Å²) in [5.74, 6) is 0.0836. The fourth-order valence-electron chi connectivity index (χ4n) is 2.33.